The molecule has 1 atom stereocenters. The second kappa shape index (κ2) is 6.58. The highest BCUT2D eigenvalue weighted by Crippen LogP contribution is 2.22. The molecule has 1 aliphatic heterocycles. The average Bonchev–Trinajstić information content (AvgIpc) is 2.92. The molecule has 1 aliphatic rings. The summed E-state index contributed by atoms with van der Waals surface area (Å²) in [7, 11) is 0. The number of likely N-dealkylation sites (tertiary alicyclic amines) is 1. The minimum Gasteiger partial charge on any atom is -0.396 e. The Balaban J connectivity index is 1.83. The summed E-state index contributed by atoms with van der Waals surface area (Å²) in [5.41, 5.74) is 2.45. The summed E-state index contributed by atoms with van der Waals surface area (Å²) in [4.78, 5) is 19.4. The van der Waals surface area contributed by atoms with Gasteiger partial charge in [0.1, 0.15) is 5.65 Å². The third-order valence-electron chi connectivity index (χ3n) is 4.49. The average molecular weight is 301 g/mol. The van der Waals surface area contributed by atoms with Gasteiger partial charge in [-0.2, -0.15) is 0 Å². The van der Waals surface area contributed by atoms with Gasteiger partial charge in [0.15, 0.2) is 0 Å². The predicted octanol–water partition coefficient (Wildman–Crippen LogP) is 1.74. The first kappa shape index (κ1) is 15.2. The molecule has 3 rings (SSSR count). The van der Waals surface area contributed by atoms with Gasteiger partial charge in [0.2, 0.25) is 0 Å². The molecule has 0 bridgehead atoms. The van der Waals surface area contributed by atoms with Crippen molar-refractivity contribution in [3.05, 3.63) is 46.0 Å². The van der Waals surface area contributed by atoms with E-state index in [-0.39, 0.29) is 12.2 Å². The molecule has 0 aromatic carbocycles. The molecule has 2 aromatic heterocycles. The molecule has 0 amide bonds. The van der Waals surface area contributed by atoms with Gasteiger partial charge in [-0.05, 0) is 51.3 Å². The van der Waals surface area contributed by atoms with Crippen LogP contribution in [0.15, 0.2) is 29.1 Å². The van der Waals surface area contributed by atoms with Crippen LogP contribution in [0.1, 0.15) is 37.1 Å². The molecule has 0 aliphatic carbocycles. The molecule has 118 valence electrons. The highest BCUT2D eigenvalue weighted by atomic mass is 16.2. The second-order valence-corrected chi connectivity index (χ2v) is 6.08. The van der Waals surface area contributed by atoms with Gasteiger partial charge >= 0.3 is 0 Å². The molecule has 1 saturated heterocycles. The highest BCUT2D eigenvalue weighted by molar-refractivity contribution is 5.40. The summed E-state index contributed by atoms with van der Waals surface area (Å²) in [6.07, 6.45) is 4.21. The maximum absolute atomic E-state index is 12.3. The fourth-order valence-electron chi connectivity index (χ4n) is 3.41. The van der Waals surface area contributed by atoms with Gasteiger partial charge in [-0.3, -0.25) is 14.1 Å². The Morgan fingerprint density at radius 2 is 2.27 bits per heavy atom. The lowest BCUT2D eigenvalue weighted by atomic mass is 10.1. The van der Waals surface area contributed by atoms with Crippen molar-refractivity contribution in [3.63, 3.8) is 0 Å². The van der Waals surface area contributed by atoms with Crippen LogP contribution in [-0.4, -0.2) is 38.6 Å². The largest absolute Gasteiger partial charge is 0.396 e. The van der Waals surface area contributed by atoms with Crippen LogP contribution in [0.2, 0.25) is 0 Å². The number of hydrogen-bond donors (Lipinski definition) is 1. The van der Waals surface area contributed by atoms with Crippen molar-refractivity contribution < 1.29 is 5.11 Å². The van der Waals surface area contributed by atoms with E-state index in [9.17, 15) is 4.79 Å². The lowest BCUT2D eigenvalue weighted by Gasteiger charge is -2.23. The first-order valence-corrected chi connectivity index (χ1v) is 8.02. The number of aryl methyl sites for hydroxylation is 1. The van der Waals surface area contributed by atoms with Gasteiger partial charge in [0.05, 0.1) is 5.69 Å². The van der Waals surface area contributed by atoms with Crippen LogP contribution in [0, 0.1) is 6.92 Å². The Bertz CT molecular complexity index is 711. The SMILES string of the molecule is Cc1cccc2nc(CN3CCCC3CCCO)cc(=O)n12. The Morgan fingerprint density at radius 1 is 1.41 bits per heavy atom. The van der Waals surface area contributed by atoms with Crippen LogP contribution in [0.4, 0.5) is 0 Å². The van der Waals surface area contributed by atoms with Crippen LogP contribution in [0.3, 0.4) is 0 Å². The zero-order valence-corrected chi connectivity index (χ0v) is 13.0. The van der Waals surface area contributed by atoms with E-state index in [0.717, 1.165) is 37.3 Å². The first-order valence-electron chi connectivity index (χ1n) is 8.02. The van der Waals surface area contributed by atoms with E-state index >= 15 is 0 Å². The van der Waals surface area contributed by atoms with E-state index in [1.807, 2.05) is 25.1 Å². The Labute approximate surface area is 130 Å². The van der Waals surface area contributed by atoms with Gasteiger partial charge < -0.3 is 5.11 Å². The van der Waals surface area contributed by atoms with E-state index < -0.39 is 0 Å². The molecule has 0 radical (unpaired) electrons. The molecule has 3 heterocycles. The van der Waals surface area contributed by atoms with Gasteiger partial charge in [-0.15, -0.1) is 0 Å². The Kier molecular flexibility index (Phi) is 4.55. The molecule has 5 nitrogen and oxygen atoms in total. The van der Waals surface area contributed by atoms with Crippen LogP contribution < -0.4 is 5.56 Å². The van der Waals surface area contributed by atoms with E-state index in [1.165, 1.54) is 12.8 Å². The number of nitrogens with zero attached hydrogens (tertiary/aromatic N) is 3. The van der Waals surface area contributed by atoms with Gasteiger partial charge in [-0.25, -0.2) is 4.98 Å². The number of aliphatic hydroxyl groups excluding tert-OH is 1. The Morgan fingerprint density at radius 3 is 3.09 bits per heavy atom. The van der Waals surface area contributed by atoms with Crippen molar-refractivity contribution in [1.29, 1.82) is 0 Å². The lowest BCUT2D eigenvalue weighted by Crippen LogP contribution is -2.30. The van der Waals surface area contributed by atoms with Crippen molar-refractivity contribution in [1.82, 2.24) is 14.3 Å². The van der Waals surface area contributed by atoms with Crippen LogP contribution in [0.5, 0.6) is 0 Å². The Hall–Kier alpha value is -1.72. The lowest BCUT2D eigenvalue weighted by molar-refractivity contribution is 0.208. The summed E-state index contributed by atoms with van der Waals surface area (Å²) in [5.74, 6) is 0. The molecular formula is C17H23N3O2. The van der Waals surface area contributed by atoms with Gasteiger partial charge in [0.25, 0.3) is 5.56 Å². The van der Waals surface area contributed by atoms with Crippen molar-refractivity contribution in [2.75, 3.05) is 13.2 Å². The molecule has 5 heteroatoms. The fraction of sp³-hybridized carbons (Fsp3) is 0.529. The minimum absolute atomic E-state index is 0.01000. The topological polar surface area (TPSA) is 57.8 Å². The maximum atomic E-state index is 12.3. The van der Waals surface area contributed by atoms with Crippen LogP contribution >= 0.6 is 0 Å². The van der Waals surface area contributed by atoms with Gasteiger partial charge in [-0.1, -0.05) is 6.07 Å². The zero-order chi connectivity index (χ0) is 15.5. The van der Waals surface area contributed by atoms with Crippen molar-refractivity contribution in [2.24, 2.45) is 0 Å². The second-order valence-electron chi connectivity index (χ2n) is 6.08. The van der Waals surface area contributed by atoms with Crippen molar-refractivity contribution >= 4 is 5.65 Å². The molecule has 22 heavy (non-hydrogen) atoms. The molecule has 1 unspecified atom stereocenters. The molecule has 0 saturated carbocycles. The summed E-state index contributed by atoms with van der Waals surface area (Å²) >= 11 is 0. The summed E-state index contributed by atoms with van der Waals surface area (Å²) in [6, 6.07) is 7.89. The monoisotopic (exact) mass is 301 g/mol. The smallest absolute Gasteiger partial charge is 0.258 e. The zero-order valence-electron chi connectivity index (χ0n) is 13.0. The van der Waals surface area contributed by atoms with E-state index in [1.54, 1.807) is 10.5 Å². The highest BCUT2D eigenvalue weighted by Gasteiger charge is 2.24. The van der Waals surface area contributed by atoms with Crippen LogP contribution in [-0.2, 0) is 6.54 Å². The van der Waals surface area contributed by atoms with Gasteiger partial charge in [0, 0.05) is 31.0 Å². The third-order valence-corrected chi connectivity index (χ3v) is 4.49. The number of pyridine rings is 1. The van der Waals surface area contributed by atoms with E-state index in [0.29, 0.717) is 11.7 Å². The van der Waals surface area contributed by atoms with Crippen molar-refractivity contribution in [2.45, 2.75) is 45.2 Å². The standard InChI is InChI=1S/C17H23N3O2/c1-13-5-2-8-16-18-14(11-17(22)20(13)16)12-19-9-3-6-15(19)7-4-10-21/h2,5,8,11,15,21H,3-4,6-7,9-10,12H2,1H3. The van der Waals surface area contributed by atoms with E-state index in [2.05, 4.69) is 9.88 Å². The number of aromatic nitrogens is 2. The van der Waals surface area contributed by atoms with Crippen LogP contribution in [0.25, 0.3) is 5.65 Å². The number of aliphatic hydroxyl groups is 1. The van der Waals surface area contributed by atoms with Crippen molar-refractivity contribution in [3.8, 4) is 0 Å². The number of fused-ring (bicyclic) bond motifs is 1. The quantitative estimate of drug-likeness (QED) is 0.914. The normalized spacial score (nSPS) is 19.1. The molecule has 0 spiro atoms. The summed E-state index contributed by atoms with van der Waals surface area (Å²) in [5, 5.41) is 9.01. The summed E-state index contributed by atoms with van der Waals surface area (Å²) in [6.45, 7) is 3.93. The summed E-state index contributed by atoms with van der Waals surface area (Å²) < 4.78 is 1.65. The predicted molar refractivity (Wildman–Crippen MR) is 86.0 cm³/mol. The maximum Gasteiger partial charge on any atom is 0.258 e. The van der Waals surface area contributed by atoms with E-state index in [4.69, 9.17) is 5.11 Å². The number of rotatable bonds is 5. The number of hydrogen-bond acceptors (Lipinski definition) is 4. The minimum atomic E-state index is -0.01000. The fourth-order valence-corrected chi connectivity index (χ4v) is 3.41. The molecular weight excluding hydrogens is 278 g/mol. The molecule has 1 fully saturated rings. The first-order chi connectivity index (χ1) is 10.7. The third kappa shape index (κ3) is 3.05. The molecule has 1 N–H and O–H groups in total. The molecule has 2 aromatic rings.